The van der Waals surface area contributed by atoms with Crippen LogP contribution < -0.4 is 5.32 Å². The molecule has 0 heterocycles. The van der Waals surface area contributed by atoms with E-state index in [-0.39, 0.29) is 5.97 Å². The second-order valence-electron chi connectivity index (χ2n) is 4.74. The molecule has 17 heavy (non-hydrogen) atoms. The molecular weight excluding hydrogens is 238 g/mol. The van der Waals surface area contributed by atoms with Gasteiger partial charge in [0.1, 0.15) is 5.60 Å². The molecule has 94 valence electrons. The molecule has 0 amide bonds. The molecule has 0 bridgehead atoms. The number of anilines is 1. The largest absolute Gasteiger partial charge is 0.460 e. The Labute approximate surface area is 107 Å². The Bertz CT molecular complexity index is 385. The van der Waals surface area contributed by atoms with Crippen molar-refractivity contribution in [3.63, 3.8) is 0 Å². The summed E-state index contributed by atoms with van der Waals surface area (Å²) < 4.78 is 5.19. The van der Waals surface area contributed by atoms with Crippen molar-refractivity contribution < 1.29 is 9.53 Å². The van der Waals surface area contributed by atoms with Crippen LogP contribution in [0.4, 0.5) is 5.69 Å². The van der Waals surface area contributed by atoms with Crippen molar-refractivity contribution in [2.45, 2.75) is 32.8 Å². The minimum Gasteiger partial charge on any atom is -0.460 e. The first-order chi connectivity index (χ1) is 7.88. The van der Waals surface area contributed by atoms with Crippen molar-refractivity contribution in [3.8, 4) is 0 Å². The third-order valence-corrected chi connectivity index (χ3v) is 2.27. The van der Waals surface area contributed by atoms with Gasteiger partial charge in [0.25, 0.3) is 0 Å². The van der Waals surface area contributed by atoms with E-state index in [1.54, 1.807) is 6.07 Å². The normalized spacial score (nSPS) is 11.1. The molecule has 0 saturated carbocycles. The molecule has 3 nitrogen and oxygen atoms in total. The van der Waals surface area contributed by atoms with Crippen molar-refractivity contribution >= 4 is 23.3 Å². The van der Waals surface area contributed by atoms with Crippen LogP contribution in [0.5, 0.6) is 0 Å². The lowest BCUT2D eigenvalue weighted by atomic mass is 10.2. The quantitative estimate of drug-likeness (QED) is 0.837. The predicted octanol–water partition coefficient (Wildman–Crippen LogP) is 3.48. The molecule has 1 N–H and O–H groups in total. The van der Waals surface area contributed by atoms with Crippen molar-refractivity contribution in [2.24, 2.45) is 0 Å². The highest BCUT2D eigenvalue weighted by Crippen LogP contribution is 2.20. The van der Waals surface area contributed by atoms with E-state index in [1.165, 1.54) is 0 Å². The summed E-state index contributed by atoms with van der Waals surface area (Å²) in [7, 11) is 0. The zero-order chi connectivity index (χ0) is 12.9. The van der Waals surface area contributed by atoms with E-state index < -0.39 is 5.60 Å². The van der Waals surface area contributed by atoms with E-state index in [0.29, 0.717) is 18.0 Å². The number of carbonyl (C=O) groups is 1. The zero-order valence-electron chi connectivity index (χ0n) is 10.4. The van der Waals surface area contributed by atoms with Gasteiger partial charge in [-0.25, -0.2) is 0 Å². The van der Waals surface area contributed by atoms with Crippen LogP contribution in [-0.4, -0.2) is 18.1 Å². The Morgan fingerprint density at radius 3 is 2.59 bits per heavy atom. The second-order valence-corrected chi connectivity index (χ2v) is 5.15. The average Bonchev–Trinajstić information content (AvgIpc) is 2.18. The van der Waals surface area contributed by atoms with Crippen LogP contribution in [0, 0.1) is 0 Å². The molecule has 0 fully saturated rings. The van der Waals surface area contributed by atoms with Gasteiger partial charge in [0.15, 0.2) is 0 Å². The molecule has 0 saturated heterocycles. The number of carbonyl (C=O) groups excluding carboxylic acids is 1. The first-order valence-electron chi connectivity index (χ1n) is 5.59. The monoisotopic (exact) mass is 255 g/mol. The summed E-state index contributed by atoms with van der Waals surface area (Å²) in [6, 6.07) is 7.43. The third-order valence-electron chi connectivity index (χ3n) is 1.94. The Balaban J connectivity index is 2.34. The molecule has 0 unspecified atom stereocenters. The van der Waals surface area contributed by atoms with Crippen LogP contribution in [-0.2, 0) is 9.53 Å². The van der Waals surface area contributed by atoms with E-state index >= 15 is 0 Å². The third kappa shape index (κ3) is 5.59. The van der Waals surface area contributed by atoms with Crippen LogP contribution in [0.25, 0.3) is 0 Å². The highest BCUT2D eigenvalue weighted by atomic mass is 35.5. The van der Waals surface area contributed by atoms with Gasteiger partial charge in [0.05, 0.1) is 17.1 Å². The minimum atomic E-state index is -0.429. The van der Waals surface area contributed by atoms with Crippen molar-refractivity contribution in [3.05, 3.63) is 29.3 Å². The molecule has 1 aromatic rings. The molecule has 0 aliphatic rings. The predicted molar refractivity (Wildman–Crippen MR) is 70.4 cm³/mol. The van der Waals surface area contributed by atoms with Gasteiger partial charge in [0, 0.05) is 6.54 Å². The molecule has 0 radical (unpaired) electrons. The fraction of sp³-hybridized carbons (Fsp3) is 0.462. The van der Waals surface area contributed by atoms with E-state index in [2.05, 4.69) is 5.32 Å². The number of rotatable bonds is 4. The molecular formula is C13H18ClNO2. The number of nitrogens with one attached hydrogen (secondary N) is 1. The van der Waals surface area contributed by atoms with E-state index in [4.69, 9.17) is 16.3 Å². The Morgan fingerprint density at radius 2 is 2.00 bits per heavy atom. The SMILES string of the molecule is CC(C)(C)OC(=O)CCNc1ccccc1Cl. The number of halogens is 1. The fourth-order valence-electron chi connectivity index (χ4n) is 1.30. The van der Waals surface area contributed by atoms with Gasteiger partial charge in [0.2, 0.25) is 0 Å². The van der Waals surface area contributed by atoms with Gasteiger partial charge < -0.3 is 10.1 Å². The molecule has 0 aliphatic heterocycles. The second kappa shape index (κ2) is 5.92. The minimum absolute atomic E-state index is 0.211. The summed E-state index contributed by atoms with van der Waals surface area (Å²) in [4.78, 5) is 11.4. The number of esters is 1. The van der Waals surface area contributed by atoms with Crippen LogP contribution in [0.15, 0.2) is 24.3 Å². The van der Waals surface area contributed by atoms with Crippen molar-refractivity contribution in [1.82, 2.24) is 0 Å². The molecule has 4 heteroatoms. The van der Waals surface area contributed by atoms with Gasteiger partial charge in [-0.15, -0.1) is 0 Å². The molecule has 0 aliphatic carbocycles. The highest BCUT2D eigenvalue weighted by Gasteiger charge is 2.15. The summed E-state index contributed by atoms with van der Waals surface area (Å²) in [5.41, 5.74) is 0.402. The number of ether oxygens (including phenoxy) is 1. The van der Waals surface area contributed by atoms with Crippen LogP contribution >= 0.6 is 11.6 Å². The first kappa shape index (κ1) is 13.8. The zero-order valence-corrected chi connectivity index (χ0v) is 11.2. The van der Waals surface area contributed by atoms with Crippen LogP contribution in [0.1, 0.15) is 27.2 Å². The average molecular weight is 256 g/mol. The van der Waals surface area contributed by atoms with E-state index in [0.717, 1.165) is 5.69 Å². The number of benzene rings is 1. The van der Waals surface area contributed by atoms with Crippen LogP contribution in [0.3, 0.4) is 0 Å². The molecule has 1 aromatic carbocycles. The van der Waals surface area contributed by atoms with Gasteiger partial charge >= 0.3 is 5.97 Å². The summed E-state index contributed by atoms with van der Waals surface area (Å²) in [6.45, 7) is 6.07. The maximum absolute atomic E-state index is 11.4. The first-order valence-corrected chi connectivity index (χ1v) is 5.96. The topological polar surface area (TPSA) is 38.3 Å². The summed E-state index contributed by atoms with van der Waals surface area (Å²) >= 11 is 5.97. The maximum atomic E-state index is 11.4. The smallest absolute Gasteiger partial charge is 0.308 e. The lowest BCUT2D eigenvalue weighted by Gasteiger charge is -2.19. The van der Waals surface area contributed by atoms with Gasteiger partial charge in [-0.3, -0.25) is 4.79 Å². The Morgan fingerprint density at radius 1 is 1.35 bits per heavy atom. The molecule has 1 rings (SSSR count). The fourth-order valence-corrected chi connectivity index (χ4v) is 1.50. The Kier molecular flexibility index (Phi) is 4.82. The molecule has 0 aromatic heterocycles. The lowest BCUT2D eigenvalue weighted by Crippen LogP contribution is -2.25. The van der Waals surface area contributed by atoms with Crippen molar-refractivity contribution in [2.75, 3.05) is 11.9 Å². The lowest BCUT2D eigenvalue weighted by molar-refractivity contribution is -0.154. The van der Waals surface area contributed by atoms with Gasteiger partial charge in [-0.1, -0.05) is 23.7 Å². The number of hydrogen-bond acceptors (Lipinski definition) is 3. The highest BCUT2D eigenvalue weighted by molar-refractivity contribution is 6.33. The van der Waals surface area contributed by atoms with Gasteiger partial charge in [-0.2, -0.15) is 0 Å². The number of hydrogen-bond donors (Lipinski definition) is 1. The summed E-state index contributed by atoms with van der Waals surface area (Å²) in [6.07, 6.45) is 0.322. The van der Waals surface area contributed by atoms with Crippen molar-refractivity contribution in [1.29, 1.82) is 0 Å². The van der Waals surface area contributed by atoms with E-state index in [1.807, 2.05) is 39.0 Å². The molecule has 0 spiro atoms. The van der Waals surface area contributed by atoms with E-state index in [9.17, 15) is 4.79 Å². The maximum Gasteiger partial charge on any atom is 0.308 e. The number of para-hydroxylation sites is 1. The summed E-state index contributed by atoms with van der Waals surface area (Å²) in [5, 5.41) is 3.75. The van der Waals surface area contributed by atoms with Gasteiger partial charge in [-0.05, 0) is 32.9 Å². The summed E-state index contributed by atoms with van der Waals surface area (Å²) in [5.74, 6) is -0.211. The molecule has 0 atom stereocenters. The standard InChI is InChI=1S/C13H18ClNO2/c1-13(2,3)17-12(16)8-9-15-11-7-5-4-6-10(11)14/h4-7,15H,8-9H2,1-3H3. The Hall–Kier alpha value is -1.22. The van der Waals surface area contributed by atoms with Crippen LogP contribution in [0.2, 0.25) is 5.02 Å².